The van der Waals surface area contributed by atoms with Crippen molar-refractivity contribution in [3.8, 4) is 0 Å². The van der Waals surface area contributed by atoms with E-state index in [-0.39, 0.29) is 17.7 Å². The minimum atomic E-state index is -0.773. The van der Waals surface area contributed by atoms with Crippen LogP contribution >= 0.6 is 27.3 Å². The summed E-state index contributed by atoms with van der Waals surface area (Å²) in [5.74, 6) is -0.868. The fourth-order valence-corrected chi connectivity index (χ4v) is 3.82. The highest BCUT2D eigenvalue weighted by molar-refractivity contribution is 9.11. The van der Waals surface area contributed by atoms with Gasteiger partial charge in [0.1, 0.15) is 0 Å². The Morgan fingerprint density at radius 1 is 1.50 bits per heavy atom. The molecular formula is C14H18BrNO3S. The lowest BCUT2D eigenvalue weighted by Gasteiger charge is -2.41. The third kappa shape index (κ3) is 3.82. The molecule has 20 heavy (non-hydrogen) atoms. The predicted octanol–water partition coefficient (Wildman–Crippen LogP) is 3.01. The van der Waals surface area contributed by atoms with Gasteiger partial charge in [-0.2, -0.15) is 0 Å². The summed E-state index contributed by atoms with van der Waals surface area (Å²) >= 11 is 5.13. The van der Waals surface area contributed by atoms with Crippen LogP contribution in [0.15, 0.2) is 15.9 Å². The zero-order chi connectivity index (χ0) is 14.7. The maximum absolute atomic E-state index is 11.9. The molecule has 0 bridgehead atoms. The number of nitrogens with zero attached hydrogens (tertiary/aromatic N) is 1. The van der Waals surface area contributed by atoms with Crippen molar-refractivity contribution in [1.29, 1.82) is 0 Å². The molecule has 1 fully saturated rings. The normalized spacial score (nSPS) is 16.8. The van der Waals surface area contributed by atoms with Crippen molar-refractivity contribution < 1.29 is 14.7 Å². The molecule has 1 saturated heterocycles. The van der Waals surface area contributed by atoms with Crippen molar-refractivity contribution in [3.63, 3.8) is 0 Å². The lowest BCUT2D eigenvalue weighted by atomic mass is 9.87. The van der Waals surface area contributed by atoms with E-state index in [4.69, 9.17) is 5.11 Å². The van der Waals surface area contributed by atoms with Gasteiger partial charge in [0.15, 0.2) is 0 Å². The van der Waals surface area contributed by atoms with Gasteiger partial charge in [-0.1, -0.05) is 6.92 Å². The Labute approximate surface area is 130 Å². The molecule has 6 heteroatoms. The number of carbonyl (C=O) groups excluding carboxylic acids is 1. The van der Waals surface area contributed by atoms with Crippen LogP contribution in [-0.2, 0) is 16.0 Å². The van der Waals surface area contributed by atoms with Crippen LogP contribution in [0.25, 0.3) is 0 Å². The van der Waals surface area contributed by atoms with Crippen molar-refractivity contribution in [2.75, 3.05) is 13.1 Å². The van der Waals surface area contributed by atoms with Crippen molar-refractivity contribution >= 4 is 39.1 Å². The van der Waals surface area contributed by atoms with Crippen LogP contribution in [-0.4, -0.2) is 35.0 Å². The van der Waals surface area contributed by atoms with Crippen LogP contribution in [0.5, 0.6) is 0 Å². The van der Waals surface area contributed by atoms with Gasteiger partial charge >= 0.3 is 5.97 Å². The van der Waals surface area contributed by atoms with Gasteiger partial charge in [-0.3, -0.25) is 9.59 Å². The highest BCUT2D eigenvalue weighted by atomic mass is 79.9. The van der Waals surface area contributed by atoms with Crippen LogP contribution in [0.1, 0.15) is 24.6 Å². The van der Waals surface area contributed by atoms with Gasteiger partial charge in [0.25, 0.3) is 0 Å². The lowest BCUT2D eigenvalue weighted by Crippen LogP contribution is -2.53. The van der Waals surface area contributed by atoms with Crippen molar-refractivity contribution in [1.82, 2.24) is 4.90 Å². The van der Waals surface area contributed by atoms with Crippen molar-refractivity contribution in [2.24, 2.45) is 11.8 Å². The van der Waals surface area contributed by atoms with E-state index in [0.29, 0.717) is 19.5 Å². The van der Waals surface area contributed by atoms with Gasteiger partial charge in [0, 0.05) is 30.3 Å². The molecule has 1 aliphatic rings. The monoisotopic (exact) mass is 359 g/mol. The topological polar surface area (TPSA) is 57.6 Å². The first-order chi connectivity index (χ1) is 9.47. The van der Waals surface area contributed by atoms with Gasteiger partial charge in [-0.25, -0.2) is 0 Å². The summed E-state index contributed by atoms with van der Waals surface area (Å²) in [6.45, 7) is 2.90. The first kappa shape index (κ1) is 15.5. The number of amides is 1. The molecule has 1 N–H and O–H groups in total. The van der Waals surface area contributed by atoms with E-state index in [0.717, 1.165) is 16.6 Å². The van der Waals surface area contributed by atoms with Crippen molar-refractivity contribution in [3.05, 3.63) is 20.8 Å². The number of rotatable bonds is 6. The number of halogens is 1. The lowest BCUT2D eigenvalue weighted by molar-refractivity contribution is -0.150. The Bertz CT molecular complexity index is 496. The second-order valence-electron chi connectivity index (χ2n) is 5.25. The van der Waals surface area contributed by atoms with E-state index in [9.17, 15) is 9.59 Å². The standard InChI is InChI=1S/C14H18BrNO3S/c1-9(14(18)19)10-7-16(8-10)13(17)4-2-3-11-5-6-12(15)20-11/h5-6,9-10H,2-4,7-8H2,1H3,(H,18,19). The summed E-state index contributed by atoms with van der Waals surface area (Å²) < 4.78 is 1.12. The number of aliphatic carboxylic acids is 1. The molecule has 1 aromatic heterocycles. The molecule has 1 aromatic rings. The molecule has 0 spiro atoms. The fraction of sp³-hybridized carbons (Fsp3) is 0.571. The molecule has 0 saturated carbocycles. The number of hydrogen-bond acceptors (Lipinski definition) is 3. The average Bonchev–Trinajstić information content (AvgIpc) is 2.73. The van der Waals surface area contributed by atoms with Crippen LogP contribution in [0.4, 0.5) is 0 Å². The van der Waals surface area contributed by atoms with Crippen molar-refractivity contribution in [2.45, 2.75) is 26.2 Å². The Kier molecular flexibility index (Phi) is 5.21. The predicted molar refractivity (Wildman–Crippen MR) is 81.8 cm³/mol. The Balaban J connectivity index is 1.66. The number of thiophene rings is 1. The summed E-state index contributed by atoms with van der Waals surface area (Å²) in [5.41, 5.74) is 0. The minimum absolute atomic E-state index is 0.115. The molecule has 0 aliphatic carbocycles. The Hall–Kier alpha value is -0.880. The highest BCUT2D eigenvalue weighted by Gasteiger charge is 2.36. The first-order valence-corrected chi connectivity index (χ1v) is 8.33. The van der Waals surface area contributed by atoms with E-state index in [1.54, 1.807) is 23.2 Å². The van der Waals surface area contributed by atoms with E-state index in [2.05, 4.69) is 22.0 Å². The summed E-state index contributed by atoms with van der Waals surface area (Å²) in [7, 11) is 0. The second-order valence-corrected chi connectivity index (χ2v) is 7.79. The van der Waals surface area contributed by atoms with Crippen LogP contribution in [0.2, 0.25) is 0 Å². The summed E-state index contributed by atoms with van der Waals surface area (Å²) in [6, 6.07) is 4.10. The second kappa shape index (κ2) is 6.72. The first-order valence-electron chi connectivity index (χ1n) is 6.72. The maximum atomic E-state index is 11.9. The largest absolute Gasteiger partial charge is 0.481 e. The molecule has 110 valence electrons. The molecule has 1 aliphatic heterocycles. The molecule has 1 amide bonds. The van der Waals surface area contributed by atoms with Gasteiger partial charge in [-0.15, -0.1) is 11.3 Å². The fourth-order valence-electron chi connectivity index (χ4n) is 2.29. The zero-order valence-electron chi connectivity index (χ0n) is 11.3. The molecule has 2 rings (SSSR count). The van der Waals surface area contributed by atoms with E-state index in [1.165, 1.54) is 4.88 Å². The van der Waals surface area contributed by atoms with Crippen LogP contribution < -0.4 is 0 Å². The van der Waals surface area contributed by atoms with Crippen LogP contribution in [0, 0.1) is 11.8 Å². The Morgan fingerprint density at radius 2 is 2.20 bits per heavy atom. The third-order valence-electron chi connectivity index (χ3n) is 3.80. The van der Waals surface area contributed by atoms with Crippen LogP contribution in [0.3, 0.4) is 0 Å². The SMILES string of the molecule is CC(C(=O)O)C1CN(C(=O)CCCc2ccc(Br)s2)C1. The number of carboxylic acid groups (broad SMARTS) is 1. The molecule has 0 aromatic carbocycles. The number of carbonyl (C=O) groups is 2. The quantitative estimate of drug-likeness (QED) is 0.849. The summed E-state index contributed by atoms with van der Waals surface area (Å²) in [4.78, 5) is 25.8. The highest BCUT2D eigenvalue weighted by Crippen LogP contribution is 2.26. The molecule has 4 nitrogen and oxygen atoms in total. The smallest absolute Gasteiger partial charge is 0.306 e. The zero-order valence-corrected chi connectivity index (χ0v) is 13.7. The molecule has 1 unspecified atom stereocenters. The summed E-state index contributed by atoms with van der Waals surface area (Å²) in [5, 5.41) is 8.91. The number of carboxylic acids is 1. The third-order valence-corrected chi connectivity index (χ3v) is 5.49. The van der Waals surface area contributed by atoms with E-state index in [1.807, 2.05) is 6.07 Å². The molecular weight excluding hydrogens is 342 g/mol. The minimum Gasteiger partial charge on any atom is -0.481 e. The van der Waals surface area contributed by atoms with E-state index >= 15 is 0 Å². The molecule has 0 radical (unpaired) electrons. The van der Waals surface area contributed by atoms with Gasteiger partial charge in [0.2, 0.25) is 5.91 Å². The number of aryl methyl sites for hydroxylation is 1. The number of likely N-dealkylation sites (tertiary alicyclic amines) is 1. The molecule has 2 heterocycles. The van der Waals surface area contributed by atoms with Gasteiger partial charge in [0.05, 0.1) is 9.70 Å². The number of hydrogen-bond donors (Lipinski definition) is 1. The van der Waals surface area contributed by atoms with Gasteiger partial charge in [-0.05, 0) is 40.9 Å². The maximum Gasteiger partial charge on any atom is 0.306 e. The Morgan fingerprint density at radius 3 is 2.75 bits per heavy atom. The average molecular weight is 360 g/mol. The van der Waals surface area contributed by atoms with E-state index < -0.39 is 5.97 Å². The molecule has 1 atom stereocenters. The summed E-state index contributed by atoms with van der Waals surface area (Å²) in [6.07, 6.45) is 2.32. The van der Waals surface area contributed by atoms with Gasteiger partial charge < -0.3 is 10.0 Å².